The summed E-state index contributed by atoms with van der Waals surface area (Å²) in [6, 6.07) is 0. The van der Waals surface area contributed by atoms with Crippen LogP contribution < -0.4 is 14.7 Å². The van der Waals surface area contributed by atoms with E-state index < -0.39 is 7.82 Å². The summed E-state index contributed by atoms with van der Waals surface area (Å²) in [7, 11) is -5.39. The fourth-order valence-electron chi connectivity index (χ4n) is 0. The largest absolute Gasteiger partial charge is 2.00 e. The standard InChI is InChI=1S/2Fe.H3O4P.H2O/c;;1-5(2,3)4;/h;;(H3,1,2,3,4);1H2/q2*+2;;/p-4. The average molecular weight is 224 g/mol. The monoisotopic (exact) mass is 224 g/mol. The van der Waals surface area contributed by atoms with Gasteiger partial charge < -0.3 is 24.7 Å². The van der Waals surface area contributed by atoms with Gasteiger partial charge >= 0.3 is 34.1 Å². The predicted octanol–water partition coefficient (Wildman–Crippen LogP) is -3.01. The van der Waals surface area contributed by atoms with Gasteiger partial charge in [0.05, 0.1) is 0 Å². The number of hydrogen-bond acceptors (Lipinski definition) is 5. The van der Waals surface area contributed by atoms with Crippen molar-refractivity contribution in [1.82, 2.24) is 0 Å². The molecule has 0 fully saturated rings. The van der Waals surface area contributed by atoms with E-state index in [0.29, 0.717) is 0 Å². The molecule has 0 amide bonds. The maximum atomic E-state index is 8.55. The smallest absolute Gasteiger partial charge is 0.870 e. The molecule has 0 saturated carbocycles. The van der Waals surface area contributed by atoms with Crippen molar-refractivity contribution in [2.75, 3.05) is 0 Å². The number of phosphoric acid groups is 1. The van der Waals surface area contributed by atoms with Crippen LogP contribution in [0.5, 0.6) is 0 Å². The van der Waals surface area contributed by atoms with Gasteiger partial charge in [-0.2, -0.15) is 7.82 Å². The Morgan fingerprint density at radius 3 is 1.00 bits per heavy atom. The van der Waals surface area contributed by atoms with Crippen molar-refractivity contribution in [3.8, 4) is 0 Å². The molecule has 0 aliphatic rings. The molecule has 0 radical (unpaired) electrons. The molecule has 0 bridgehead atoms. The van der Waals surface area contributed by atoms with Crippen molar-refractivity contribution < 1.29 is 58.9 Å². The molecular weight excluding hydrogens is 223 g/mol. The molecule has 0 rings (SSSR count). The minimum absolute atomic E-state index is 0. The fourth-order valence-corrected chi connectivity index (χ4v) is 0. The molecule has 0 aliphatic heterocycles. The molecule has 8 heavy (non-hydrogen) atoms. The zero-order valence-electron chi connectivity index (χ0n) is 3.23. The van der Waals surface area contributed by atoms with Crippen LogP contribution in [0.15, 0.2) is 0 Å². The molecule has 52 valence electrons. The van der Waals surface area contributed by atoms with E-state index in [1.807, 2.05) is 0 Å². The molecule has 0 saturated heterocycles. The van der Waals surface area contributed by atoms with Crippen LogP contribution in [0.1, 0.15) is 0 Å². The van der Waals surface area contributed by atoms with Crippen LogP contribution in [0.4, 0.5) is 0 Å². The van der Waals surface area contributed by atoms with Crippen molar-refractivity contribution >= 4 is 7.82 Å². The van der Waals surface area contributed by atoms with E-state index in [-0.39, 0.29) is 39.6 Å². The third kappa shape index (κ3) is 216. The third-order valence-corrected chi connectivity index (χ3v) is 0. The second-order valence-electron chi connectivity index (χ2n) is 0.447. The van der Waals surface area contributed by atoms with Gasteiger partial charge in [-0.1, -0.05) is 0 Å². The first-order valence-electron chi connectivity index (χ1n) is 0.730. The van der Waals surface area contributed by atoms with Crippen LogP contribution in [0.25, 0.3) is 0 Å². The summed E-state index contributed by atoms with van der Waals surface area (Å²) in [5.74, 6) is 0. The Hall–Kier alpha value is 1.11. The quantitative estimate of drug-likeness (QED) is 0.320. The third-order valence-electron chi connectivity index (χ3n) is 0. The maximum absolute atomic E-state index is 8.55. The van der Waals surface area contributed by atoms with Crippen LogP contribution >= 0.6 is 7.82 Å². The molecule has 0 aliphatic carbocycles. The van der Waals surface area contributed by atoms with Crippen LogP contribution in [0.3, 0.4) is 0 Å². The van der Waals surface area contributed by atoms with Crippen LogP contribution in [-0.4, -0.2) is 5.48 Å². The molecular formula is HFe2O5P. The Morgan fingerprint density at radius 2 is 1.00 bits per heavy atom. The second kappa shape index (κ2) is 8.11. The molecule has 0 heterocycles. The molecule has 0 spiro atoms. The number of hydrogen-bond donors (Lipinski definition) is 0. The molecule has 0 unspecified atom stereocenters. The molecule has 5 nitrogen and oxygen atoms in total. The van der Waals surface area contributed by atoms with Crippen molar-refractivity contribution in [3.05, 3.63) is 0 Å². The van der Waals surface area contributed by atoms with E-state index in [4.69, 9.17) is 19.2 Å². The van der Waals surface area contributed by atoms with Gasteiger partial charge in [0, 0.05) is 0 Å². The van der Waals surface area contributed by atoms with Crippen molar-refractivity contribution in [3.63, 3.8) is 0 Å². The van der Waals surface area contributed by atoms with Crippen LogP contribution in [0, 0.1) is 0 Å². The Balaban J connectivity index is -0.0000000267. The molecule has 0 aromatic rings. The summed E-state index contributed by atoms with van der Waals surface area (Å²) in [6.07, 6.45) is 0. The summed E-state index contributed by atoms with van der Waals surface area (Å²) < 4.78 is 8.55. The van der Waals surface area contributed by atoms with Crippen LogP contribution in [0.2, 0.25) is 0 Å². The number of rotatable bonds is 0. The van der Waals surface area contributed by atoms with Gasteiger partial charge in [0.15, 0.2) is 0 Å². The molecule has 8 heteroatoms. The van der Waals surface area contributed by atoms with Crippen molar-refractivity contribution in [2.45, 2.75) is 0 Å². The first-order chi connectivity index (χ1) is 2.00. The van der Waals surface area contributed by atoms with E-state index in [1.54, 1.807) is 0 Å². The van der Waals surface area contributed by atoms with Gasteiger partial charge in [-0.05, 0) is 0 Å². The Morgan fingerprint density at radius 1 is 1.00 bits per heavy atom. The van der Waals surface area contributed by atoms with Crippen molar-refractivity contribution in [2.24, 2.45) is 0 Å². The minimum atomic E-state index is -5.39. The fraction of sp³-hybridized carbons (Fsp3) is 0. The normalized spacial score (nSPS) is 7.38. The Kier molecular flexibility index (Phi) is 23.3. The van der Waals surface area contributed by atoms with Gasteiger partial charge in [-0.15, -0.1) is 0 Å². The van der Waals surface area contributed by atoms with E-state index >= 15 is 0 Å². The van der Waals surface area contributed by atoms with E-state index in [9.17, 15) is 0 Å². The zero-order chi connectivity index (χ0) is 4.50. The maximum Gasteiger partial charge on any atom is 2.00 e. The molecule has 1 N–H and O–H groups in total. The molecule has 0 aromatic carbocycles. The van der Waals surface area contributed by atoms with Crippen LogP contribution in [-0.2, 0) is 38.7 Å². The van der Waals surface area contributed by atoms with Gasteiger partial charge in [-0.3, -0.25) is 0 Å². The summed E-state index contributed by atoms with van der Waals surface area (Å²) in [6.45, 7) is 0. The first kappa shape index (κ1) is 22.9. The van der Waals surface area contributed by atoms with Gasteiger partial charge in [0.2, 0.25) is 0 Å². The Bertz CT molecular complexity index is 56.6. The van der Waals surface area contributed by atoms with Gasteiger partial charge in [-0.25, -0.2) is 0 Å². The van der Waals surface area contributed by atoms with E-state index in [0.717, 1.165) is 0 Å². The van der Waals surface area contributed by atoms with Crippen molar-refractivity contribution in [1.29, 1.82) is 0 Å². The summed E-state index contributed by atoms with van der Waals surface area (Å²) in [5, 5.41) is 0. The first-order valence-corrected chi connectivity index (χ1v) is 2.19. The van der Waals surface area contributed by atoms with Gasteiger partial charge in [0.25, 0.3) is 0 Å². The Labute approximate surface area is 67.0 Å². The predicted molar refractivity (Wildman–Crippen MR) is 9.54 cm³/mol. The van der Waals surface area contributed by atoms with Gasteiger partial charge in [0.1, 0.15) is 0 Å². The summed E-state index contributed by atoms with van der Waals surface area (Å²) >= 11 is 0. The zero-order valence-corrected chi connectivity index (χ0v) is 6.34. The average Bonchev–Trinajstić information content (AvgIpc) is 0.722. The summed E-state index contributed by atoms with van der Waals surface area (Å²) in [4.78, 5) is 25.6. The SMILES string of the molecule is O=P([O-])([O-])[O-].[Fe+2].[Fe+2].[OH-]. The minimum Gasteiger partial charge on any atom is -0.870 e. The second-order valence-corrected chi connectivity index (χ2v) is 1.34. The van der Waals surface area contributed by atoms with E-state index in [2.05, 4.69) is 0 Å². The molecule has 0 atom stereocenters. The molecule has 0 aromatic heterocycles. The summed E-state index contributed by atoms with van der Waals surface area (Å²) in [5.41, 5.74) is 0. The topological polar surface area (TPSA) is 116 Å². The van der Waals surface area contributed by atoms with E-state index in [1.165, 1.54) is 0 Å².